The number of alkyl halides is 3. The smallest absolute Gasteiger partial charge is 0.318 e. The normalized spacial score (nSPS) is 11.2. The van der Waals surface area contributed by atoms with Crippen molar-refractivity contribution < 1.29 is 22.8 Å². The number of amides is 2. The molecule has 2 amide bonds. The molecule has 2 rings (SSSR count). The van der Waals surface area contributed by atoms with E-state index in [-0.39, 0.29) is 5.69 Å². The van der Waals surface area contributed by atoms with Gasteiger partial charge < -0.3 is 10.6 Å². The summed E-state index contributed by atoms with van der Waals surface area (Å²) < 4.78 is 38.7. The highest BCUT2D eigenvalue weighted by Crippen LogP contribution is 2.36. The summed E-state index contributed by atoms with van der Waals surface area (Å²) in [5, 5.41) is 4.23. The van der Waals surface area contributed by atoms with Gasteiger partial charge in [0.05, 0.1) is 10.6 Å². The molecule has 0 aliphatic rings. The lowest BCUT2D eigenvalue weighted by atomic mass is 10.0. The van der Waals surface area contributed by atoms with Gasteiger partial charge in [-0.2, -0.15) is 13.2 Å². The van der Waals surface area contributed by atoms with Crippen LogP contribution in [0.4, 0.5) is 24.5 Å². The molecular formula is C19H18ClF3N2O2. The first-order valence-electron chi connectivity index (χ1n) is 8.27. The minimum Gasteiger partial charge on any atom is -0.318 e. The molecule has 2 N–H and O–H groups in total. The Hall–Kier alpha value is -2.54. The summed E-state index contributed by atoms with van der Waals surface area (Å²) >= 11 is 5.54. The van der Waals surface area contributed by atoms with E-state index in [9.17, 15) is 22.8 Å². The van der Waals surface area contributed by atoms with E-state index in [1.807, 2.05) is 32.0 Å². The molecule has 0 saturated heterocycles. The Labute approximate surface area is 159 Å². The van der Waals surface area contributed by atoms with Crippen LogP contribution in [0.3, 0.4) is 0 Å². The first-order valence-corrected chi connectivity index (χ1v) is 8.65. The lowest BCUT2D eigenvalue weighted by Gasteiger charge is -2.15. The second-order valence-corrected chi connectivity index (χ2v) is 6.17. The van der Waals surface area contributed by atoms with Crippen LogP contribution in [0.1, 0.15) is 30.5 Å². The van der Waals surface area contributed by atoms with Crippen molar-refractivity contribution in [3.63, 3.8) is 0 Å². The molecule has 4 nitrogen and oxygen atoms in total. The van der Waals surface area contributed by atoms with E-state index in [1.54, 1.807) is 0 Å². The summed E-state index contributed by atoms with van der Waals surface area (Å²) in [5.41, 5.74) is 1.01. The average Bonchev–Trinajstić information content (AvgIpc) is 2.62. The fourth-order valence-corrected chi connectivity index (χ4v) is 2.81. The summed E-state index contributed by atoms with van der Waals surface area (Å²) in [6.07, 6.45) is -3.37. The Bertz CT molecular complexity index is 844. The Morgan fingerprint density at radius 2 is 1.52 bits per heavy atom. The van der Waals surface area contributed by atoms with Gasteiger partial charge in [0.15, 0.2) is 0 Å². The van der Waals surface area contributed by atoms with Crippen LogP contribution in [0.15, 0.2) is 36.4 Å². The van der Waals surface area contributed by atoms with E-state index < -0.39 is 28.6 Å². The molecule has 2 aromatic rings. The van der Waals surface area contributed by atoms with Gasteiger partial charge in [-0.05, 0) is 42.2 Å². The van der Waals surface area contributed by atoms with Crippen LogP contribution in [0.5, 0.6) is 0 Å². The Balaban J connectivity index is 2.19. The maximum atomic E-state index is 12.9. The van der Waals surface area contributed by atoms with Crippen molar-refractivity contribution in [3.8, 4) is 0 Å². The predicted molar refractivity (Wildman–Crippen MR) is 98.9 cm³/mol. The van der Waals surface area contributed by atoms with Gasteiger partial charge in [-0.3, -0.25) is 9.59 Å². The monoisotopic (exact) mass is 398 g/mol. The van der Waals surface area contributed by atoms with Crippen LogP contribution in [-0.2, 0) is 28.6 Å². The molecule has 0 aromatic heterocycles. The zero-order valence-electron chi connectivity index (χ0n) is 14.7. The maximum absolute atomic E-state index is 12.9. The Kier molecular flexibility index (Phi) is 6.49. The quantitative estimate of drug-likeness (QED) is 0.707. The lowest BCUT2D eigenvalue weighted by Crippen LogP contribution is -2.30. The largest absolute Gasteiger partial charge is 0.417 e. The number of hydrogen-bond donors (Lipinski definition) is 2. The molecule has 0 aliphatic carbocycles. The second kappa shape index (κ2) is 8.43. The topological polar surface area (TPSA) is 58.2 Å². The number of anilines is 2. The minimum absolute atomic E-state index is 0.175. The number of para-hydroxylation sites is 1. The molecule has 0 saturated carbocycles. The van der Waals surface area contributed by atoms with Crippen LogP contribution < -0.4 is 10.6 Å². The van der Waals surface area contributed by atoms with Crippen molar-refractivity contribution in [2.24, 2.45) is 0 Å². The van der Waals surface area contributed by atoms with Crippen molar-refractivity contribution in [2.45, 2.75) is 32.9 Å². The second-order valence-electron chi connectivity index (χ2n) is 5.76. The summed E-state index contributed by atoms with van der Waals surface area (Å²) in [7, 11) is 0. The number of carbonyl (C=O) groups is 2. The average molecular weight is 399 g/mol. The minimum atomic E-state index is -4.67. The molecule has 8 heteroatoms. The molecule has 0 atom stereocenters. The SMILES string of the molecule is CCc1cccc(CC)c1NC(=O)C(=O)Nc1ccc(Cl)c(C(F)(F)F)c1. The van der Waals surface area contributed by atoms with Crippen LogP contribution in [0.25, 0.3) is 0 Å². The van der Waals surface area contributed by atoms with Gasteiger partial charge in [0.1, 0.15) is 0 Å². The first-order chi connectivity index (χ1) is 12.7. The molecule has 0 spiro atoms. The van der Waals surface area contributed by atoms with E-state index in [1.165, 1.54) is 6.07 Å². The number of carbonyl (C=O) groups excluding carboxylic acids is 2. The molecule has 0 heterocycles. The van der Waals surface area contributed by atoms with Crippen LogP contribution >= 0.6 is 11.6 Å². The fourth-order valence-electron chi connectivity index (χ4n) is 2.58. The van der Waals surface area contributed by atoms with Gasteiger partial charge in [0.2, 0.25) is 0 Å². The molecule has 27 heavy (non-hydrogen) atoms. The van der Waals surface area contributed by atoms with Gasteiger partial charge in [0.25, 0.3) is 0 Å². The maximum Gasteiger partial charge on any atom is 0.417 e. The van der Waals surface area contributed by atoms with Crippen LogP contribution in [0, 0.1) is 0 Å². The van der Waals surface area contributed by atoms with Crippen molar-refractivity contribution in [1.82, 2.24) is 0 Å². The van der Waals surface area contributed by atoms with Crippen molar-refractivity contribution >= 4 is 34.8 Å². The Morgan fingerprint density at radius 1 is 0.963 bits per heavy atom. The van der Waals surface area contributed by atoms with Gasteiger partial charge in [-0.25, -0.2) is 0 Å². The lowest BCUT2D eigenvalue weighted by molar-refractivity contribution is -0.137. The highest BCUT2D eigenvalue weighted by Gasteiger charge is 2.33. The molecule has 0 fully saturated rings. The van der Waals surface area contributed by atoms with Gasteiger partial charge >= 0.3 is 18.0 Å². The van der Waals surface area contributed by atoms with Crippen molar-refractivity contribution in [3.05, 3.63) is 58.1 Å². The van der Waals surface area contributed by atoms with Gasteiger partial charge in [0, 0.05) is 11.4 Å². The first kappa shape index (κ1) is 20.8. The van der Waals surface area contributed by atoms with E-state index >= 15 is 0 Å². The third-order valence-corrected chi connectivity index (χ3v) is 4.30. The third-order valence-electron chi connectivity index (χ3n) is 3.97. The van der Waals surface area contributed by atoms with Gasteiger partial charge in [-0.1, -0.05) is 43.6 Å². The highest BCUT2D eigenvalue weighted by molar-refractivity contribution is 6.43. The number of rotatable bonds is 4. The standard InChI is InChI=1S/C19H18ClF3N2O2/c1-3-11-6-5-7-12(4-2)16(11)25-18(27)17(26)24-13-8-9-15(20)14(10-13)19(21,22)23/h5-10H,3-4H2,1-2H3,(H,24,26)(H,25,27). The number of halogens is 4. The van der Waals surface area contributed by atoms with Crippen LogP contribution in [-0.4, -0.2) is 11.8 Å². The zero-order chi connectivity index (χ0) is 20.2. The molecule has 0 radical (unpaired) electrons. The fraction of sp³-hybridized carbons (Fsp3) is 0.263. The molecule has 0 unspecified atom stereocenters. The highest BCUT2D eigenvalue weighted by atomic mass is 35.5. The van der Waals surface area contributed by atoms with Crippen LogP contribution in [0.2, 0.25) is 5.02 Å². The van der Waals surface area contributed by atoms with E-state index in [0.717, 1.165) is 17.2 Å². The number of nitrogens with one attached hydrogen (secondary N) is 2. The number of aryl methyl sites for hydroxylation is 2. The summed E-state index contributed by atoms with van der Waals surface area (Å²) in [4.78, 5) is 24.4. The molecule has 0 bridgehead atoms. The number of benzene rings is 2. The van der Waals surface area contributed by atoms with E-state index in [4.69, 9.17) is 11.6 Å². The molecule has 0 aliphatic heterocycles. The summed E-state index contributed by atoms with van der Waals surface area (Å²) in [6.45, 7) is 3.83. The molecule has 2 aromatic carbocycles. The molecular weight excluding hydrogens is 381 g/mol. The zero-order valence-corrected chi connectivity index (χ0v) is 15.5. The van der Waals surface area contributed by atoms with E-state index in [0.29, 0.717) is 24.6 Å². The summed E-state index contributed by atoms with van der Waals surface area (Å²) in [6, 6.07) is 8.42. The number of hydrogen-bond acceptors (Lipinski definition) is 2. The molecule has 144 valence electrons. The Morgan fingerprint density at radius 3 is 2.04 bits per heavy atom. The van der Waals surface area contributed by atoms with Crippen molar-refractivity contribution in [1.29, 1.82) is 0 Å². The van der Waals surface area contributed by atoms with E-state index in [2.05, 4.69) is 10.6 Å². The summed E-state index contributed by atoms with van der Waals surface area (Å²) in [5.74, 6) is -2.03. The van der Waals surface area contributed by atoms with Crippen molar-refractivity contribution in [2.75, 3.05) is 10.6 Å². The third kappa shape index (κ3) is 5.01. The van der Waals surface area contributed by atoms with Gasteiger partial charge in [-0.15, -0.1) is 0 Å². The predicted octanol–water partition coefficient (Wildman–Crippen LogP) is 5.06.